The fourth-order valence-electron chi connectivity index (χ4n) is 3.10. The molecule has 2 aromatic rings. The highest BCUT2D eigenvalue weighted by Crippen LogP contribution is 2.29. The minimum Gasteiger partial charge on any atom is -0.300 e. The zero-order valence-electron chi connectivity index (χ0n) is 17.2. The van der Waals surface area contributed by atoms with E-state index in [9.17, 15) is 13.2 Å². The highest BCUT2D eigenvalue weighted by atomic mass is 35.5. The first kappa shape index (κ1) is 24.7. The van der Waals surface area contributed by atoms with Crippen molar-refractivity contribution in [2.45, 2.75) is 36.8 Å². The van der Waals surface area contributed by atoms with Gasteiger partial charge < -0.3 is 5.32 Å². The van der Waals surface area contributed by atoms with Crippen LogP contribution in [0.15, 0.2) is 22.5 Å². The van der Waals surface area contributed by atoms with Gasteiger partial charge in [-0.05, 0) is 36.5 Å². The maximum Gasteiger partial charge on any atom is 0.230 e. The van der Waals surface area contributed by atoms with Crippen molar-refractivity contribution in [3.05, 3.63) is 33.8 Å². The van der Waals surface area contributed by atoms with Crippen LogP contribution in [0.4, 0.5) is 5.13 Å². The second-order valence-corrected chi connectivity index (χ2v) is 12.8. The van der Waals surface area contributed by atoms with Gasteiger partial charge in [-0.2, -0.15) is 0 Å². The molecule has 1 aromatic heterocycles. The number of thioether (sulfide) groups is 1. The summed E-state index contributed by atoms with van der Waals surface area (Å²) < 4.78 is 28.0. The van der Waals surface area contributed by atoms with Crippen LogP contribution in [0.1, 0.15) is 32.3 Å². The van der Waals surface area contributed by atoms with Gasteiger partial charge in [0.25, 0.3) is 0 Å². The molecule has 1 aliphatic rings. The molecule has 1 aromatic carbocycles. The Morgan fingerprint density at radius 2 is 2.10 bits per heavy atom. The molecule has 0 bridgehead atoms. The summed E-state index contributed by atoms with van der Waals surface area (Å²) in [6.07, 6.45) is 1.24. The SMILES string of the molecule is CC(C)CSc1nnc(NC(=O)[C@H]2CCCN(S(=O)(=O)Cc3ccc(Cl)c(Cl)c3)C2)s1. The number of aromatic nitrogens is 2. The average molecular weight is 524 g/mol. The predicted octanol–water partition coefficient (Wildman–Crippen LogP) is 4.77. The van der Waals surface area contributed by atoms with Crippen LogP contribution in [0.5, 0.6) is 0 Å². The van der Waals surface area contributed by atoms with E-state index in [2.05, 4.69) is 29.4 Å². The first-order valence-electron chi connectivity index (χ1n) is 9.83. The van der Waals surface area contributed by atoms with Crippen LogP contribution in [0.3, 0.4) is 0 Å². The average Bonchev–Trinajstić information content (AvgIpc) is 3.16. The van der Waals surface area contributed by atoms with Crippen LogP contribution in [0, 0.1) is 11.8 Å². The Kier molecular flexibility index (Phi) is 8.62. The molecule has 0 radical (unpaired) electrons. The van der Waals surface area contributed by atoms with E-state index in [1.165, 1.54) is 15.6 Å². The molecule has 2 heterocycles. The van der Waals surface area contributed by atoms with Crippen molar-refractivity contribution in [3.8, 4) is 0 Å². The highest BCUT2D eigenvalue weighted by molar-refractivity contribution is 8.01. The molecule has 31 heavy (non-hydrogen) atoms. The first-order valence-corrected chi connectivity index (χ1v) is 14.0. The van der Waals surface area contributed by atoms with E-state index in [1.807, 2.05) is 0 Å². The molecule has 0 aliphatic carbocycles. The maximum absolute atomic E-state index is 12.9. The summed E-state index contributed by atoms with van der Waals surface area (Å²) in [7, 11) is -3.59. The summed E-state index contributed by atoms with van der Waals surface area (Å²) in [4.78, 5) is 12.7. The molecule has 1 saturated heterocycles. The minimum atomic E-state index is -3.59. The van der Waals surface area contributed by atoms with Crippen LogP contribution in [0.25, 0.3) is 0 Å². The number of halogens is 2. The topological polar surface area (TPSA) is 92.3 Å². The number of hydrogen-bond donors (Lipinski definition) is 1. The Labute approximate surface area is 201 Å². The number of piperidine rings is 1. The number of rotatable bonds is 8. The third-order valence-corrected chi connectivity index (χ3v) is 9.61. The Hall–Kier alpha value is -0.910. The molecule has 0 unspecified atom stereocenters. The van der Waals surface area contributed by atoms with E-state index in [1.54, 1.807) is 30.0 Å². The third-order valence-electron chi connectivity index (χ3n) is 4.66. The Balaban J connectivity index is 1.60. The molecule has 170 valence electrons. The molecular weight excluding hydrogens is 499 g/mol. The van der Waals surface area contributed by atoms with E-state index < -0.39 is 15.9 Å². The van der Waals surface area contributed by atoms with Gasteiger partial charge in [-0.25, -0.2) is 12.7 Å². The summed E-state index contributed by atoms with van der Waals surface area (Å²) in [5.41, 5.74) is 0.557. The van der Waals surface area contributed by atoms with Crippen molar-refractivity contribution in [2.24, 2.45) is 11.8 Å². The van der Waals surface area contributed by atoms with Crippen LogP contribution in [-0.4, -0.2) is 47.7 Å². The predicted molar refractivity (Wildman–Crippen MR) is 127 cm³/mol. The molecular formula is C19H24Cl2N4O3S3. The van der Waals surface area contributed by atoms with Gasteiger partial charge in [0.15, 0.2) is 4.34 Å². The summed E-state index contributed by atoms with van der Waals surface area (Å²) >= 11 is 14.8. The molecule has 1 fully saturated rings. The lowest BCUT2D eigenvalue weighted by Gasteiger charge is -2.31. The van der Waals surface area contributed by atoms with E-state index in [4.69, 9.17) is 23.2 Å². The summed E-state index contributed by atoms with van der Waals surface area (Å²) in [5, 5.41) is 12.0. The van der Waals surface area contributed by atoms with E-state index >= 15 is 0 Å². The minimum absolute atomic E-state index is 0.142. The molecule has 1 atom stereocenters. The number of anilines is 1. The van der Waals surface area contributed by atoms with Gasteiger partial charge in [-0.1, -0.05) is 66.2 Å². The quantitative estimate of drug-likeness (QED) is 0.396. The molecule has 1 amide bonds. The van der Waals surface area contributed by atoms with Crippen molar-refractivity contribution in [2.75, 3.05) is 24.2 Å². The molecule has 12 heteroatoms. The Morgan fingerprint density at radius 1 is 1.32 bits per heavy atom. The van der Waals surface area contributed by atoms with Gasteiger partial charge in [-0.15, -0.1) is 10.2 Å². The van der Waals surface area contributed by atoms with Crippen molar-refractivity contribution < 1.29 is 13.2 Å². The van der Waals surface area contributed by atoms with Gasteiger partial charge in [0.1, 0.15) is 0 Å². The number of sulfonamides is 1. The largest absolute Gasteiger partial charge is 0.300 e. The van der Waals surface area contributed by atoms with Crippen molar-refractivity contribution >= 4 is 67.4 Å². The molecule has 7 nitrogen and oxygen atoms in total. The van der Waals surface area contributed by atoms with Crippen molar-refractivity contribution in [3.63, 3.8) is 0 Å². The maximum atomic E-state index is 12.9. The Morgan fingerprint density at radius 3 is 2.81 bits per heavy atom. The van der Waals surface area contributed by atoms with Crippen LogP contribution in [-0.2, 0) is 20.6 Å². The lowest BCUT2D eigenvalue weighted by atomic mass is 9.99. The van der Waals surface area contributed by atoms with Gasteiger partial charge in [0.2, 0.25) is 21.1 Å². The lowest BCUT2D eigenvalue weighted by Crippen LogP contribution is -2.44. The standard InChI is InChI=1S/C19H24Cl2N4O3S3/c1-12(2)10-29-19-24-23-18(30-19)22-17(26)14-4-3-7-25(9-14)31(27,28)11-13-5-6-15(20)16(21)8-13/h5-6,8,12,14H,3-4,7,9-11H2,1-2H3,(H,22,23,26)/t14-/m0/s1. The summed E-state index contributed by atoms with van der Waals surface area (Å²) in [5.74, 6) is 0.604. The van der Waals surface area contributed by atoms with Crippen LogP contribution < -0.4 is 5.32 Å². The number of benzene rings is 1. The smallest absolute Gasteiger partial charge is 0.230 e. The zero-order valence-corrected chi connectivity index (χ0v) is 21.1. The molecule has 3 rings (SSSR count). The van der Waals surface area contributed by atoms with Gasteiger partial charge >= 0.3 is 0 Å². The fourth-order valence-corrected chi connectivity index (χ4v) is 6.75. The van der Waals surface area contributed by atoms with Crippen molar-refractivity contribution in [1.29, 1.82) is 0 Å². The highest BCUT2D eigenvalue weighted by Gasteiger charge is 2.33. The molecule has 1 N–H and O–H groups in total. The van der Waals surface area contributed by atoms with Crippen LogP contribution in [0.2, 0.25) is 10.0 Å². The van der Waals surface area contributed by atoms with E-state index in [-0.39, 0.29) is 18.2 Å². The molecule has 0 saturated carbocycles. The summed E-state index contributed by atoms with van der Waals surface area (Å²) in [6, 6.07) is 4.78. The van der Waals surface area contributed by atoms with Gasteiger partial charge in [0, 0.05) is 18.8 Å². The Bertz CT molecular complexity index is 1030. The number of nitrogens with one attached hydrogen (secondary N) is 1. The monoisotopic (exact) mass is 522 g/mol. The number of nitrogens with zero attached hydrogens (tertiary/aromatic N) is 3. The van der Waals surface area contributed by atoms with Gasteiger partial charge in [0.05, 0.1) is 21.7 Å². The first-order chi connectivity index (χ1) is 14.6. The zero-order chi connectivity index (χ0) is 22.6. The second kappa shape index (κ2) is 10.8. The third kappa shape index (κ3) is 7.03. The molecule has 1 aliphatic heterocycles. The normalized spacial score (nSPS) is 17.8. The van der Waals surface area contributed by atoms with Crippen molar-refractivity contribution in [1.82, 2.24) is 14.5 Å². The number of carbonyl (C=O) groups excluding carboxylic acids is 1. The van der Waals surface area contributed by atoms with E-state index in [0.29, 0.717) is 46.0 Å². The van der Waals surface area contributed by atoms with E-state index in [0.717, 1.165) is 10.1 Å². The molecule has 0 spiro atoms. The number of carbonyl (C=O) groups is 1. The van der Waals surface area contributed by atoms with Gasteiger partial charge in [-0.3, -0.25) is 4.79 Å². The second-order valence-electron chi connectivity index (χ2n) is 7.77. The number of amides is 1. The van der Waals surface area contributed by atoms with Crippen LogP contribution >= 0.6 is 46.3 Å². The fraction of sp³-hybridized carbons (Fsp3) is 0.526. The number of hydrogen-bond acceptors (Lipinski definition) is 7. The lowest BCUT2D eigenvalue weighted by molar-refractivity contribution is -0.120. The summed E-state index contributed by atoms with van der Waals surface area (Å²) in [6.45, 7) is 4.79.